The molecule has 1 amide bonds. The highest BCUT2D eigenvalue weighted by Gasteiger charge is 2.46. The smallest absolute Gasteiger partial charge is 0.226 e. The maximum Gasteiger partial charge on any atom is 0.226 e. The molecule has 0 heterocycles. The van der Waals surface area contributed by atoms with Gasteiger partial charge in [-0.05, 0) is 24.0 Å². The molecule has 2 rings (SSSR count). The van der Waals surface area contributed by atoms with Crippen molar-refractivity contribution in [3.8, 4) is 0 Å². The Morgan fingerprint density at radius 2 is 2.24 bits per heavy atom. The predicted molar refractivity (Wildman–Crippen MR) is 72.7 cm³/mol. The van der Waals surface area contributed by atoms with E-state index in [0.29, 0.717) is 6.42 Å². The molecule has 3 unspecified atom stereocenters. The summed E-state index contributed by atoms with van der Waals surface area (Å²) in [7, 11) is 3.05. The van der Waals surface area contributed by atoms with E-state index in [-0.39, 0.29) is 36.5 Å². The Balaban J connectivity index is 1.96. The van der Waals surface area contributed by atoms with Gasteiger partial charge < -0.3 is 14.7 Å². The van der Waals surface area contributed by atoms with Crippen molar-refractivity contribution in [1.82, 2.24) is 4.90 Å². The molecule has 1 aromatic carbocycles. The van der Waals surface area contributed by atoms with Crippen LogP contribution >= 0.6 is 0 Å². The van der Waals surface area contributed by atoms with Crippen molar-refractivity contribution < 1.29 is 23.4 Å². The third kappa shape index (κ3) is 3.57. The molecule has 4 nitrogen and oxygen atoms in total. The zero-order chi connectivity index (χ0) is 15.6. The van der Waals surface area contributed by atoms with Crippen molar-refractivity contribution in [1.29, 1.82) is 0 Å². The molecule has 6 heteroatoms. The summed E-state index contributed by atoms with van der Waals surface area (Å²) in [6, 6.07) is 4.01. The molecule has 1 N–H and O–H groups in total. The minimum Gasteiger partial charge on any atom is -0.389 e. The Bertz CT molecular complexity index is 524. The number of aliphatic hydroxyl groups is 1. The van der Waals surface area contributed by atoms with E-state index in [4.69, 9.17) is 4.74 Å². The maximum atomic E-state index is 13.7. The van der Waals surface area contributed by atoms with Crippen LogP contribution in [0.3, 0.4) is 0 Å². The summed E-state index contributed by atoms with van der Waals surface area (Å²) in [5.41, 5.74) is 0.249. The van der Waals surface area contributed by atoms with Crippen molar-refractivity contribution in [2.45, 2.75) is 18.4 Å². The van der Waals surface area contributed by atoms with Crippen LogP contribution in [0.15, 0.2) is 18.2 Å². The molecule has 0 aromatic heterocycles. The van der Waals surface area contributed by atoms with Crippen molar-refractivity contribution in [2.24, 2.45) is 5.92 Å². The van der Waals surface area contributed by atoms with E-state index in [1.807, 2.05) is 0 Å². The molecule has 1 saturated carbocycles. The van der Waals surface area contributed by atoms with Crippen molar-refractivity contribution in [2.75, 3.05) is 27.3 Å². The zero-order valence-electron chi connectivity index (χ0n) is 12.1. The minimum atomic E-state index is -0.894. The first-order valence-electron chi connectivity index (χ1n) is 6.81. The molecule has 0 aliphatic heterocycles. The second kappa shape index (κ2) is 6.49. The van der Waals surface area contributed by atoms with Gasteiger partial charge >= 0.3 is 0 Å². The summed E-state index contributed by atoms with van der Waals surface area (Å²) in [6.45, 7) is 0.297. The van der Waals surface area contributed by atoms with Crippen LogP contribution in [0.1, 0.15) is 17.9 Å². The Morgan fingerprint density at radius 3 is 2.90 bits per heavy atom. The van der Waals surface area contributed by atoms with Crippen LogP contribution in [0.25, 0.3) is 0 Å². The minimum absolute atomic E-state index is 0.143. The molecular formula is C15H19F2NO3. The lowest BCUT2D eigenvalue weighted by Gasteiger charge is -2.20. The summed E-state index contributed by atoms with van der Waals surface area (Å²) in [4.78, 5) is 13.6. The second-order valence-corrected chi connectivity index (χ2v) is 5.42. The first kappa shape index (κ1) is 15.9. The standard InChI is InChI=1S/C15H19F2NO3/c1-18(7-9(19)8-21-2)15(20)12-6-11(12)10-4-3-5-13(16)14(10)17/h3-5,9,11-12,19H,6-8H2,1-2H3. The molecule has 0 radical (unpaired) electrons. The number of hydrogen-bond donors (Lipinski definition) is 1. The van der Waals surface area contributed by atoms with Crippen LogP contribution in [0.5, 0.6) is 0 Å². The van der Waals surface area contributed by atoms with Crippen LogP contribution in [-0.4, -0.2) is 49.3 Å². The summed E-state index contributed by atoms with van der Waals surface area (Å²) in [6.07, 6.45) is -0.253. The Kier molecular flexibility index (Phi) is 4.90. The third-order valence-electron chi connectivity index (χ3n) is 3.71. The largest absolute Gasteiger partial charge is 0.389 e. The highest BCUT2D eigenvalue weighted by Crippen LogP contribution is 2.49. The molecule has 0 bridgehead atoms. The summed E-state index contributed by atoms with van der Waals surface area (Å²) in [5, 5.41) is 9.61. The molecule has 1 fully saturated rings. The number of carbonyl (C=O) groups is 1. The van der Waals surface area contributed by atoms with Crippen LogP contribution in [0, 0.1) is 17.6 Å². The number of hydrogen-bond acceptors (Lipinski definition) is 3. The molecule has 3 atom stereocenters. The second-order valence-electron chi connectivity index (χ2n) is 5.42. The average molecular weight is 299 g/mol. The number of amides is 1. The van der Waals surface area contributed by atoms with Gasteiger partial charge in [-0.15, -0.1) is 0 Å². The van der Waals surface area contributed by atoms with Gasteiger partial charge in [-0.25, -0.2) is 8.78 Å². The lowest BCUT2D eigenvalue weighted by atomic mass is 10.1. The molecule has 1 aromatic rings. The number of carbonyl (C=O) groups excluding carboxylic acids is 1. The van der Waals surface area contributed by atoms with Gasteiger partial charge in [0.1, 0.15) is 0 Å². The topological polar surface area (TPSA) is 49.8 Å². The normalized spacial score (nSPS) is 22.0. The van der Waals surface area contributed by atoms with Crippen molar-refractivity contribution in [3.63, 3.8) is 0 Å². The monoisotopic (exact) mass is 299 g/mol. The fraction of sp³-hybridized carbons (Fsp3) is 0.533. The Labute approximate surface area is 122 Å². The van der Waals surface area contributed by atoms with Gasteiger partial charge in [-0.3, -0.25) is 4.79 Å². The number of benzene rings is 1. The zero-order valence-corrected chi connectivity index (χ0v) is 12.1. The SMILES string of the molecule is COCC(O)CN(C)C(=O)C1CC1c1cccc(F)c1F. The van der Waals surface area contributed by atoms with Gasteiger partial charge in [0.05, 0.1) is 12.7 Å². The molecule has 0 saturated heterocycles. The Morgan fingerprint density at radius 1 is 1.52 bits per heavy atom. The van der Waals surface area contributed by atoms with Crippen LogP contribution in [-0.2, 0) is 9.53 Å². The number of aliphatic hydroxyl groups excluding tert-OH is 1. The average Bonchev–Trinajstić information content (AvgIpc) is 3.21. The van der Waals surface area contributed by atoms with Gasteiger partial charge in [-0.1, -0.05) is 12.1 Å². The molecule has 1 aliphatic carbocycles. The van der Waals surface area contributed by atoms with E-state index < -0.39 is 17.7 Å². The maximum absolute atomic E-state index is 13.7. The number of nitrogens with zero attached hydrogens (tertiary/aromatic N) is 1. The van der Waals surface area contributed by atoms with E-state index in [1.54, 1.807) is 7.05 Å². The number of likely N-dealkylation sites (N-methyl/N-ethyl adjacent to an activating group) is 1. The van der Waals surface area contributed by atoms with E-state index in [0.717, 1.165) is 6.07 Å². The van der Waals surface area contributed by atoms with E-state index >= 15 is 0 Å². The Hall–Kier alpha value is -1.53. The fourth-order valence-corrected chi connectivity index (χ4v) is 2.55. The quantitative estimate of drug-likeness (QED) is 0.867. The summed E-state index contributed by atoms with van der Waals surface area (Å²) >= 11 is 0. The summed E-state index contributed by atoms with van der Waals surface area (Å²) in [5.74, 6) is -2.57. The van der Waals surface area contributed by atoms with E-state index in [2.05, 4.69) is 0 Å². The van der Waals surface area contributed by atoms with Gasteiger partial charge in [0.2, 0.25) is 5.91 Å². The highest BCUT2D eigenvalue weighted by molar-refractivity contribution is 5.82. The number of methoxy groups -OCH3 is 1. The first-order valence-corrected chi connectivity index (χ1v) is 6.81. The van der Waals surface area contributed by atoms with Gasteiger partial charge in [0.15, 0.2) is 11.6 Å². The van der Waals surface area contributed by atoms with Gasteiger partial charge in [-0.2, -0.15) is 0 Å². The lowest BCUT2D eigenvalue weighted by Crippen LogP contribution is -2.37. The van der Waals surface area contributed by atoms with E-state index in [1.165, 1.54) is 24.1 Å². The van der Waals surface area contributed by atoms with Gasteiger partial charge in [0.25, 0.3) is 0 Å². The molecule has 0 spiro atoms. The number of rotatable bonds is 6. The van der Waals surface area contributed by atoms with Crippen LogP contribution in [0.4, 0.5) is 8.78 Å². The van der Waals surface area contributed by atoms with Crippen molar-refractivity contribution in [3.05, 3.63) is 35.4 Å². The molecule has 1 aliphatic rings. The molecule has 21 heavy (non-hydrogen) atoms. The molecular weight excluding hydrogens is 280 g/mol. The van der Waals surface area contributed by atoms with Crippen LogP contribution < -0.4 is 0 Å². The number of ether oxygens (including phenoxy) is 1. The van der Waals surface area contributed by atoms with Gasteiger partial charge in [0, 0.05) is 26.6 Å². The fourth-order valence-electron chi connectivity index (χ4n) is 2.55. The predicted octanol–water partition coefficient (Wildman–Crippen LogP) is 1.53. The first-order chi connectivity index (χ1) is 9.95. The highest BCUT2D eigenvalue weighted by atomic mass is 19.2. The summed E-state index contributed by atoms with van der Waals surface area (Å²) < 4.78 is 31.7. The van der Waals surface area contributed by atoms with E-state index in [9.17, 15) is 18.7 Å². The van der Waals surface area contributed by atoms with Crippen LogP contribution in [0.2, 0.25) is 0 Å². The third-order valence-corrected chi connectivity index (χ3v) is 3.71. The lowest BCUT2D eigenvalue weighted by molar-refractivity contribution is -0.133. The molecule has 116 valence electrons. The van der Waals surface area contributed by atoms with Crippen molar-refractivity contribution >= 4 is 5.91 Å². The number of halogens is 2.